The predicted octanol–water partition coefficient (Wildman–Crippen LogP) is 5.03. The van der Waals surface area contributed by atoms with Gasteiger partial charge in [-0.05, 0) is 46.6 Å². The normalized spacial score (nSPS) is 10.6. The average molecular weight is 390 g/mol. The van der Waals surface area contributed by atoms with E-state index in [1.54, 1.807) is 18.2 Å². The third-order valence-electron chi connectivity index (χ3n) is 2.69. The number of aryl methyl sites for hydroxylation is 1. The second-order valence-corrected chi connectivity index (χ2v) is 5.75. The van der Waals surface area contributed by atoms with E-state index in [2.05, 4.69) is 31.9 Å². The van der Waals surface area contributed by atoms with Crippen molar-refractivity contribution in [1.82, 2.24) is 0 Å². The zero-order chi connectivity index (χ0) is 14.2. The molecule has 98 valence electrons. The Morgan fingerprint density at radius 3 is 2.32 bits per heavy atom. The predicted molar refractivity (Wildman–Crippen MR) is 76.4 cm³/mol. The number of carbonyl (C=O) groups excluding carboxylic acids is 1. The summed E-state index contributed by atoms with van der Waals surface area (Å²) in [7, 11) is 0. The SMILES string of the molecule is Cc1ccc(C(=O)c2cc(F)c(Br)cc2F)cc1Br. The van der Waals surface area contributed by atoms with Crippen LogP contribution in [0.15, 0.2) is 39.3 Å². The van der Waals surface area contributed by atoms with Gasteiger partial charge in [0.1, 0.15) is 11.6 Å². The van der Waals surface area contributed by atoms with Crippen molar-refractivity contribution in [3.05, 3.63) is 67.6 Å². The van der Waals surface area contributed by atoms with Crippen LogP contribution < -0.4 is 0 Å². The zero-order valence-electron chi connectivity index (χ0n) is 9.81. The maximum Gasteiger partial charge on any atom is 0.196 e. The quantitative estimate of drug-likeness (QED) is 0.520. The topological polar surface area (TPSA) is 17.1 Å². The number of rotatable bonds is 2. The molecule has 0 aliphatic heterocycles. The molecule has 0 N–H and O–H groups in total. The molecule has 0 aromatic heterocycles. The molecule has 0 saturated carbocycles. The first-order valence-corrected chi connectivity index (χ1v) is 6.94. The lowest BCUT2D eigenvalue weighted by molar-refractivity contribution is 0.103. The van der Waals surface area contributed by atoms with Crippen LogP contribution in [0.3, 0.4) is 0 Å². The molecule has 0 aliphatic carbocycles. The van der Waals surface area contributed by atoms with Crippen molar-refractivity contribution >= 4 is 37.6 Å². The second kappa shape index (κ2) is 5.51. The molecule has 0 aliphatic rings. The third kappa shape index (κ3) is 2.92. The lowest BCUT2D eigenvalue weighted by Gasteiger charge is -2.06. The van der Waals surface area contributed by atoms with Crippen LogP contribution in [0, 0.1) is 18.6 Å². The molecule has 0 atom stereocenters. The van der Waals surface area contributed by atoms with Crippen LogP contribution in [0.5, 0.6) is 0 Å². The van der Waals surface area contributed by atoms with E-state index in [1.807, 2.05) is 6.92 Å². The summed E-state index contributed by atoms with van der Waals surface area (Å²) in [5.41, 5.74) is 0.980. The van der Waals surface area contributed by atoms with Crippen molar-refractivity contribution < 1.29 is 13.6 Å². The molecule has 19 heavy (non-hydrogen) atoms. The van der Waals surface area contributed by atoms with E-state index < -0.39 is 17.4 Å². The highest BCUT2D eigenvalue weighted by molar-refractivity contribution is 9.10. The van der Waals surface area contributed by atoms with Crippen LogP contribution in [-0.4, -0.2) is 5.78 Å². The highest BCUT2D eigenvalue weighted by atomic mass is 79.9. The van der Waals surface area contributed by atoms with Gasteiger partial charge in [-0.3, -0.25) is 4.79 Å². The van der Waals surface area contributed by atoms with Gasteiger partial charge in [0, 0.05) is 10.0 Å². The fourth-order valence-electron chi connectivity index (χ4n) is 1.59. The number of benzene rings is 2. The largest absolute Gasteiger partial charge is 0.288 e. The van der Waals surface area contributed by atoms with Gasteiger partial charge in [-0.25, -0.2) is 8.78 Å². The fraction of sp³-hybridized carbons (Fsp3) is 0.0714. The van der Waals surface area contributed by atoms with Gasteiger partial charge in [0.25, 0.3) is 0 Å². The van der Waals surface area contributed by atoms with E-state index in [0.29, 0.717) is 5.56 Å². The van der Waals surface area contributed by atoms with E-state index >= 15 is 0 Å². The summed E-state index contributed by atoms with van der Waals surface area (Å²) in [6.45, 7) is 1.87. The monoisotopic (exact) mass is 388 g/mol. The van der Waals surface area contributed by atoms with Crippen LogP contribution in [0.1, 0.15) is 21.5 Å². The lowest BCUT2D eigenvalue weighted by Crippen LogP contribution is -2.05. The highest BCUT2D eigenvalue weighted by Crippen LogP contribution is 2.24. The van der Waals surface area contributed by atoms with Crippen LogP contribution in [0.4, 0.5) is 8.78 Å². The minimum Gasteiger partial charge on any atom is -0.288 e. The zero-order valence-corrected chi connectivity index (χ0v) is 13.0. The molecular formula is C14H8Br2F2O. The fourth-order valence-corrected chi connectivity index (χ4v) is 2.28. The summed E-state index contributed by atoms with van der Waals surface area (Å²) < 4.78 is 27.9. The minimum atomic E-state index is -0.755. The molecule has 2 aromatic carbocycles. The summed E-state index contributed by atoms with van der Waals surface area (Å²) in [6.07, 6.45) is 0. The highest BCUT2D eigenvalue weighted by Gasteiger charge is 2.17. The van der Waals surface area contributed by atoms with Crippen molar-refractivity contribution in [3.8, 4) is 0 Å². The molecular weight excluding hydrogens is 382 g/mol. The summed E-state index contributed by atoms with van der Waals surface area (Å²) in [5, 5.41) is 0. The Bertz CT molecular complexity index is 669. The summed E-state index contributed by atoms with van der Waals surface area (Å²) in [6, 6.07) is 6.77. The number of hydrogen-bond donors (Lipinski definition) is 0. The van der Waals surface area contributed by atoms with E-state index in [9.17, 15) is 13.6 Å². The number of carbonyl (C=O) groups is 1. The summed E-state index contributed by atoms with van der Waals surface area (Å²) >= 11 is 6.18. The van der Waals surface area contributed by atoms with Crippen LogP contribution in [0.25, 0.3) is 0 Å². The second-order valence-electron chi connectivity index (χ2n) is 4.04. The Morgan fingerprint density at radius 2 is 1.68 bits per heavy atom. The molecule has 0 heterocycles. The molecule has 2 aromatic rings. The molecule has 0 saturated heterocycles. The summed E-state index contributed by atoms with van der Waals surface area (Å²) in [4.78, 5) is 12.2. The molecule has 0 spiro atoms. The van der Waals surface area contributed by atoms with E-state index in [4.69, 9.17) is 0 Å². The van der Waals surface area contributed by atoms with Crippen molar-refractivity contribution in [1.29, 1.82) is 0 Å². The minimum absolute atomic E-state index is 0.00774. The average Bonchev–Trinajstić information content (AvgIpc) is 2.36. The molecule has 1 nitrogen and oxygen atoms in total. The maximum absolute atomic E-state index is 13.7. The smallest absolute Gasteiger partial charge is 0.196 e. The Morgan fingerprint density at radius 1 is 1.00 bits per heavy atom. The molecule has 0 amide bonds. The van der Waals surface area contributed by atoms with E-state index in [0.717, 1.165) is 22.2 Å². The molecule has 0 radical (unpaired) electrons. The van der Waals surface area contributed by atoms with Gasteiger partial charge >= 0.3 is 0 Å². The Balaban J connectivity index is 2.49. The number of hydrogen-bond acceptors (Lipinski definition) is 1. The van der Waals surface area contributed by atoms with Crippen molar-refractivity contribution in [2.45, 2.75) is 6.92 Å². The van der Waals surface area contributed by atoms with Gasteiger partial charge in [-0.15, -0.1) is 0 Å². The maximum atomic E-state index is 13.7. The van der Waals surface area contributed by atoms with E-state index in [-0.39, 0.29) is 10.0 Å². The molecule has 0 bridgehead atoms. The van der Waals surface area contributed by atoms with E-state index in [1.165, 1.54) is 0 Å². The summed E-state index contributed by atoms with van der Waals surface area (Å²) in [5.74, 6) is -1.98. The van der Waals surface area contributed by atoms with Gasteiger partial charge in [0.05, 0.1) is 10.0 Å². The van der Waals surface area contributed by atoms with Gasteiger partial charge in [0.15, 0.2) is 5.78 Å². The Labute approximate surface area is 125 Å². The van der Waals surface area contributed by atoms with Crippen LogP contribution in [0.2, 0.25) is 0 Å². The molecule has 5 heteroatoms. The van der Waals surface area contributed by atoms with Crippen molar-refractivity contribution in [2.24, 2.45) is 0 Å². The standard InChI is InChI=1S/C14H8Br2F2O/c1-7-2-3-8(4-10(7)15)14(19)9-5-13(18)11(16)6-12(9)17/h2-6H,1H3. The Hall–Kier alpha value is -1.07. The molecule has 2 rings (SSSR count). The van der Waals surface area contributed by atoms with Crippen LogP contribution >= 0.6 is 31.9 Å². The Kier molecular flexibility index (Phi) is 4.16. The molecule has 0 fully saturated rings. The molecule has 0 unspecified atom stereocenters. The van der Waals surface area contributed by atoms with Crippen molar-refractivity contribution in [2.75, 3.05) is 0 Å². The first-order valence-electron chi connectivity index (χ1n) is 5.35. The van der Waals surface area contributed by atoms with Gasteiger partial charge < -0.3 is 0 Å². The van der Waals surface area contributed by atoms with Gasteiger partial charge in [-0.2, -0.15) is 0 Å². The first kappa shape index (κ1) is 14.3. The number of ketones is 1. The van der Waals surface area contributed by atoms with Crippen LogP contribution in [-0.2, 0) is 0 Å². The lowest BCUT2D eigenvalue weighted by atomic mass is 10.0. The van der Waals surface area contributed by atoms with Gasteiger partial charge in [0.2, 0.25) is 0 Å². The number of halogens is 4. The van der Waals surface area contributed by atoms with Crippen molar-refractivity contribution in [3.63, 3.8) is 0 Å². The third-order valence-corrected chi connectivity index (χ3v) is 4.15. The first-order chi connectivity index (χ1) is 8.90. The van der Waals surface area contributed by atoms with Gasteiger partial charge in [-0.1, -0.05) is 28.1 Å².